The van der Waals surface area contributed by atoms with Gasteiger partial charge in [0.25, 0.3) is 0 Å². The van der Waals surface area contributed by atoms with E-state index in [1.165, 1.54) is 16.2 Å². The van der Waals surface area contributed by atoms with Gasteiger partial charge in [0.05, 0.1) is 5.39 Å². The smallest absolute Gasteiger partial charge is 0.227 e. The fraction of sp³-hybridized carbons (Fsp3) is 0. The highest BCUT2D eigenvalue weighted by molar-refractivity contribution is 6.22. The predicted octanol–water partition coefficient (Wildman–Crippen LogP) is 13.2. The lowest BCUT2D eigenvalue weighted by molar-refractivity contribution is 0.619. The highest BCUT2D eigenvalue weighted by atomic mass is 16.4. The summed E-state index contributed by atoms with van der Waals surface area (Å²) in [5.74, 6) is 2.38. The summed E-state index contributed by atoms with van der Waals surface area (Å²) in [7, 11) is 0. The van der Waals surface area contributed by atoms with Crippen molar-refractivity contribution in [3.63, 3.8) is 0 Å². The standard InChI is InChI=1S/C50H28N4O2/c1-2-10-33(11-3-1)50-51-45-43(56-50)25-24-42-44(45)39-23-22-32-18-21-37(28-41(32)46(39)55-42)49-53-47(35-19-14-29-8-4-5-12-34(29)26-35)52-48(54-49)36-20-17-31-16-15-30-9-6-7-13-38(30)40(31)27-36/h1-28H. The Bertz CT molecular complexity index is 3550. The molecule has 0 aliphatic rings. The van der Waals surface area contributed by atoms with E-state index in [0.29, 0.717) is 28.9 Å². The minimum atomic E-state index is 0.581. The van der Waals surface area contributed by atoms with Crippen LogP contribution in [0.1, 0.15) is 0 Å². The summed E-state index contributed by atoms with van der Waals surface area (Å²) in [6, 6.07) is 58.4. The predicted molar refractivity (Wildman–Crippen MR) is 226 cm³/mol. The highest BCUT2D eigenvalue weighted by Gasteiger charge is 2.19. The summed E-state index contributed by atoms with van der Waals surface area (Å²) in [4.78, 5) is 20.4. The largest absolute Gasteiger partial charge is 0.455 e. The lowest BCUT2D eigenvalue weighted by Crippen LogP contribution is -2.00. The molecule has 0 atom stereocenters. The fourth-order valence-electron chi connectivity index (χ4n) is 8.11. The third kappa shape index (κ3) is 4.83. The van der Waals surface area contributed by atoms with Crippen molar-refractivity contribution < 1.29 is 8.83 Å². The Balaban J connectivity index is 1.06. The van der Waals surface area contributed by atoms with Crippen molar-refractivity contribution in [3.05, 3.63) is 170 Å². The molecule has 0 spiro atoms. The number of benzene rings is 9. The minimum Gasteiger partial charge on any atom is -0.455 e. The fourth-order valence-corrected chi connectivity index (χ4v) is 8.11. The van der Waals surface area contributed by atoms with E-state index in [9.17, 15) is 0 Å². The number of nitrogens with zero attached hydrogens (tertiary/aromatic N) is 4. The van der Waals surface area contributed by atoms with Crippen LogP contribution in [0.3, 0.4) is 0 Å². The molecule has 260 valence electrons. The van der Waals surface area contributed by atoms with Gasteiger partial charge < -0.3 is 8.83 Å². The Hall–Kier alpha value is -7.70. The van der Waals surface area contributed by atoms with Crippen LogP contribution in [-0.4, -0.2) is 19.9 Å². The molecular weight excluding hydrogens is 689 g/mol. The Kier molecular flexibility index (Phi) is 6.53. The number of aromatic nitrogens is 4. The zero-order valence-corrected chi connectivity index (χ0v) is 29.8. The van der Waals surface area contributed by atoms with Gasteiger partial charge in [-0.15, -0.1) is 0 Å². The van der Waals surface area contributed by atoms with Crippen LogP contribution in [0.4, 0.5) is 0 Å². The molecule has 12 rings (SSSR count). The van der Waals surface area contributed by atoms with E-state index in [-0.39, 0.29) is 0 Å². The Morgan fingerprint density at radius 2 is 0.875 bits per heavy atom. The molecular formula is C50H28N4O2. The van der Waals surface area contributed by atoms with E-state index in [4.69, 9.17) is 28.8 Å². The van der Waals surface area contributed by atoms with Crippen LogP contribution in [0.2, 0.25) is 0 Å². The summed E-state index contributed by atoms with van der Waals surface area (Å²) in [5.41, 5.74) is 6.66. The van der Waals surface area contributed by atoms with E-state index >= 15 is 0 Å². The maximum absolute atomic E-state index is 6.65. The molecule has 0 saturated heterocycles. The molecule has 0 bridgehead atoms. The number of hydrogen-bond donors (Lipinski definition) is 0. The van der Waals surface area contributed by atoms with Gasteiger partial charge in [-0.25, -0.2) is 19.9 Å². The van der Waals surface area contributed by atoms with E-state index in [1.54, 1.807) is 0 Å². The highest BCUT2D eigenvalue weighted by Crippen LogP contribution is 2.40. The molecule has 0 aliphatic carbocycles. The molecule has 6 nitrogen and oxygen atoms in total. The van der Waals surface area contributed by atoms with Gasteiger partial charge in [0, 0.05) is 33.0 Å². The third-order valence-corrected chi connectivity index (χ3v) is 10.9. The molecule has 56 heavy (non-hydrogen) atoms. The van der Waals surface area contributed by atoms with E-state index < -0.39 is 0 Å². The number of furan rings is 1. The Labute approximate surface area is 319 Å². The number of rotatable bonds is 4. The van der Waals surface area contributed by atoms with Crippen LogP contribution in [0.15, 0.2) is 179 Å². The van der Waals surface area contributed by atoms with Crippen molar-refractivity contribution in [1.82, 2.24) is 19.9 Å². The van der Waals surface area contributed by atoms with Crippen molar-refractivity contribution in [1.29, 1.82) is 0 Å². The van der Waals surface area contributed by atoms with E-state index in [0.717, 1.165) is 76.6 Å². The zero-order chi connectivity index (χ0) is 36.7. The van der Waals surface area contributed by atoms with Crippen LogP contribution in [0.5, 0.6) is 0 Å². The maximum Gasteiger partial charge on any atom is 0.227 e. The molecule has 6 heteroatoms. The third-order valence-electron chi connectivity index (χ3n) is 10.9. The van der Waals surface area contributed by atoms with Crippen molar-refractivity contribution >= 4 is 76.1 Å². The van der Waals surface area contributed by atoms with Crippen LogP contribution >= 0.6 is 0 Å². The lowest BCUT2D eigenvalue weighted by atomic mass is 9.99. The average molecular weight is 717 g/mol. The van der Waals surface area contributed by atoms with Gasteiger partial charge in [-0.3, -0.25) is 0 Å². The quantitative estimate of drug-likeness (QED) is 0.169. The molecule has 0 N–H and O–H groups in total. The Morgan fingerprint density at radius 3 is 1.64 bits per heavy atom. The summed E-state index contributed by atoms with van der Waals surface area (Å²) < 4.78 is 12.9. The molecule has 3 heterocycles. The zero-order valence-electron chi connectivity index (χ0n) is 29.8. The second-order valence-electron chi connectivity index (χ2n) is 14.2. The van der Waals surface area contributed by atoms with E-state index in [1.807, 2.05) is 42.5 Å². The SMILES string of the molecule is c1ccc(-c2nc3c(ccc4oc5c6cc(-c7nc(-c8ccc9ccccc9c8)nc(-c8ccc9ccc%10ccccc%10c9c8)n7)ccc6ccc5c43)o2)cc1. The molecule has 0 amide bonds. The first-order chi connectivity index (χ1) is 27.7. The van der Waals surface area contributed by atoms with Crippen LogP contribution in [0.25, 0.3) is 122 Å². The molecule has 3 aromatic heterocycles. The molecule has 0 fully saturated rings. The molecule has 0 radical (unpaired) electrons. The summed E-state index contributed by atoms with van der Waals surface area (Å²) in [6.07, 6.45) is 0. The van der Waals surface area contributed by atoms with Crippen molar-refractivity contribution in [2.45, 2.75) is 0 Å². The first-order valence-electron chi connectivity index (χ1n) is 18.6. The first-order valence-corrected chi connectivity index (χ1v) is 18.6. The van der Waals surface area contributed by atoms with E-state index in [2.05, 4.69) is 127 Å². The minimum absolute atomic E-state index is 0.581. The lowest BCUT2D eigenvalue weighted by Gasteiger charge is -2.11. The van der Waals surface area contributed by atoms with Gasteiger partial charge in [-0.2, -0.15) is 0 Å². The van der Waals surface area contributed by atoms with Crippen LogP contribution in [-0.2, 0) is 0 Å². The summed E-state index contributed by atoms with van der Waals surface area (Å²) in [6.45, 7) is 0. The van der Waals surface area contributed by atoms with Gasteiger partial charge in [0.2, 0.25) is 5.89 Å². The second-order valence-corrected chi connectivity index (χ2v) is 14.2. The second kappa shape index (κ2) is 11.9. The average Bonchev–Trinajstić information content (AvgIpc) is 3.88. The number of hydrogen-bond acceptors (Lipinski definition) is 6. The van der Waals surface area contributed by atoms with Crippen molar-refractivity contribution in [2.24, 2.45) is 0 Å². The van der Waals surface area contributed by atoms with Gasteiger partial charge in [-0.1, -0.05) is 121 Å². The molecule has 0 saturated carbocycles. The van der Waals surface area contributed by atoms with Crippen LogP contribution in [0, 0.1) is 0 Å². The topological polar surface area (TPSA) is 77.8 Å². The number of oxazole rings is 1. The summed E-state index contributed by atoms with van der Waals surface area (Å²) >= 11 is 0. The normalized spacial score (nSPS) is 11.9. The van der Waals surface area contributed by atoms with Gasteiger partial charge in [-0.05, 0) is 86.2 Å². The molecule has 12 aromatic rings. The molecule has 0 aliphatic heterocycles. The van der Waals surface area contributed by atoms with Crippen molar-refractivity contribution in [3.8, 4) is 45.6 Å². The van der Waals surface area contributed by atoms with Gasteiger partial charge >= 0.3 is 0 Å². The van der Waals surface area contributed by atoms with Crippen LogP contribution < -0.4 is 0 Å². The maximum atomic E-state index is 6.65. The van der Waals surface area contributed by atoms with Gasteiger partial charge in [0.1, 0.15) is 16.7 Å². The number of fused-ring (bicyclic) bond motifs is 11. The first kappa shape index (κ1) is 30.7. The van der Waals surface area contributed by atoms with Gasteiger partial charge in [0.15, 0.2) is 23.1 Å². The monoisotopic (exact) mass is 716 g/mol. The summed E-state index contributed by atoms with van der Waals surface area (Å²) in [5, 5.41) is 10.9. The molecule has 9 aromatic carbocycles. The van der Waals surface area contributed by atoms with Crippen molar-refractivity contribution in [2.75, 3.05) is 0 Å². The Morgan fingerprint density at radius 1 is 0.321 bits per heavy atom. The molecule has 0 unspecified atom stereocenters.